The molecule has 0 radical (unpaired) electrons. The first-order chi connectivity index (χ1) is 10.9. The third kappa shape index (κ3) is 5.14. The lowest BCUT2D eigenvalue weighted by Crippen LogP contribution is -2.25. The van der Waals surface area contributed by atoms with Crippen LogP contribution in [0.2, 0.25) is 0 Å². The molecule has 1 aromatic carbocycles. The summed E-state index contributed by atoms with van der Waals surface area (Å²) in [4.78, 5) is 12.9. The van der Waals surface area contributed by atoms with E-state index in [-0.39, 0.29) is 10.1 Å². The van der Waals surface area contributed by atoms with Crippen LogP contribution >= 0.6 is 11.3 Å². The third-order valence-electron chi connectivity index (χ3n) is 3.07. The van der Waals surface area contributed by atoms with Crippen LogP contribution in [0.1, 0.15) is 20.8 Å². The van der Waals surface area contributed by atoms with Gasteiger partial charge in [-0.05, 0) is 36.2 Å². The van der Waals surface area contributed by atoms with Crippen LogP contribution in [-0.4, -0.2) is 28.0 Å². The van der Waals surface area contributed by atoms with Gasteiger partial charge in [-0.15, -0.1) is 11.3 Å². The molecule has 1 amide bonds. The first-order valence-corrected chi connectivity index (χ1v) is 9.24. The van der Waals surface area contributed by atoms with E-state index in [9.17, 15) is 13.2 Å². The van der Waals surface area contributed by atoms with Crippen molar-refractivity contribution in [1.29, 1.82) is 0 Å². The smallest absolute Gasteiger partial charge is 0.251 e. The van der Waals surface area contributed by atoms with E-state index in [1.807, 2.05) is 6.07 Å². The number of hydrogen-bond donors (Lipinski definition) is 2. The molecular formula is C15H18N2O4S2. The predicted octanol–water partition coefficient (Wildman–Crippen LogP) is 1.51. The Morgan fingerprint density at radius 3 is 2.74 bits per heavy atom. The molecule has 0 unspecified atom stereocenters. The van der Waals surface area contributed by atoms with Crippen molar-refractivity contribution in [2.75, 3.05) is 13.7 Å². The van der Waals surface area contributed by atoms with Crippen molar-refractivity contribution in [3.05, 3.63) is 52.4 Å². The number of hydrogen-bond acceptors (Lipinski definition) is 5. The molecule has 0 saturated heterocycles. The summed E-state index contributed by atoms with van der Waals surface area (Å²) in [5, 5.41) is 7.88. The summed E-state index contributed by atoms with van der Waals surface area (Å²) >= 11 is 1.12. The van der Waals surface area contributed by atoms with E-state index < -0.39 is 10.0 Å². The summed E-state index contributed by atoms with van der Waals surface area (Å²) in [6, 6.07) is 10.4. The van der Waals surface area contributed by atoms with Crippen LogP contribution < -0.4 is 10.5 Å². The lowest BCUT2D eigenvalue weighted by molar-refractivity contribution is 0.0954. The van der Waals surface area contributed by atoms with Gasteiger partial charge in [0.1, 0.15) is 4.21 Å². The van der Waals surface area contributed by atoms with Crippen LogP contribution in [0.3, 0.4) is 0 Å². The molecule has 8 heteroatoms. The van der Waals surface area contributed by atoms with Crippen molar-refractivity contribution in [3.8, 4) is 0 Å². The molecule has 3 N–H and O–H groups in total. The van der Waals surface area contributed by atoms with Crippen LogP contribution in [0, 0.1) is 0 Å². The van der Waals surface area contributed by atoms with E-state index in [1.165, 1.54) is 6.07 Å². The van der Waals surface area contributed by atoms with Crippen molar-refractivity contribution in [2.24, 2.45) is 5.14 Å². The highest BCUT2D eigenvalue weighted by atomic mass is 32.2. The number of primary sulfonamides is 1. The summed E-state index contributed by atoms with van der Waals surface area (Å²) in [6.45, 7) is 0.866. The zero-order valence-electron chi connectivity index (χ0n) is 12.6. The Labute approximate surface area is 139 Å². The van der Waals surface area contributed by atoms with Crippen LogP contribution in [0.15, 0.2) is 40.6 Å². The highest BCUT2D eigenvalue weighted by Gasteiger charge is 2.11. The zero-order chi connectivity index (χ0) is 16.9. The number of sulfonamides is 1. The second-order valence-corrected chi connectivity index (χ2v) is 7.86. The van der Waals surface area contributed by atoms with E-state index in [4.69, 9.17) is 9.88 Å². The molecule has 0 spiro atoms. The molecule has 0 atom stereocenters. The topological polar surface area (TPSA) is 98.5 Å². The van der Waals surface area contributed by atoms with Crippen molar-refractivity contribution in [1.82, 2.24) is 5.32 Å². The lowest BCUT2D eigenvalue weighted by Gasteiger charge is -2.06. The molecule has 0 saturated carbocycles. The van der Waals surface area contributed by atoms with Gasteiger partial charge in [0, 0.05) is 24.1 Å². The van der Waals surface area contributed by atoms with Gasteiger partial charge in [-0.25, -0.2) is 13.6 Å². The average Bonchev–Trinajstić information content (AvgIpc) is 2.97. The molecule has 0 fully saturated rings. The number of ether oxygens (including phenoxy) is 1. The van der Waals surface area contributed by atoms with E-state index >= 15 is 0 Å². The fourth-order valence-corrected chi connectivity index (χ4v) is 3.79. The molecule has 6 nitrogen and oxygen atoms in total. The molecule has 1 aromatic heterocycles. The maximum absolute atomic E-state index is 12.1. The standard InChI is InChI=1S/C15H18N2O4S2/c1-21-10-11-3-2-4-12(9-11)15(18)17-8-7-13-5-6-14(22-13)23(16,19)20/h2-6,9H,7-8,10H2,1H3,(H,17,18)(H2,16,19,20). The Bertz CT molecular complexity index is 784. The first kappa shape index (κ1) is 17.6. The minimum Gasteiger partial charge on any atom is -0.380 e. The highest BCUT2D eigenvalue weighted by Crippen LogP contribution is 2.20. The predicted molar refractivity (Wildman–Crippen MR) is 88.9 cm³/mol. The van der Waals surface area contributed by atoms with Gasteiger partial charge < -0.3 is 10.1 Å². The summed E-state index contributed by atoms with van der Waals surface area (Å²) in [5.41, 5.74) is 1.49. The second kappa shape index (κ2) is 7.69. The van der Waals surface area contributed by atoms with E-state index in [2.05, 4.69) is 5.32 Å². The lowest BCUT2D eigenvalue weighted by atomic mass is 10.1. The van der Waals surface area contributed by atoms with Crippen LogP contribution in [0.5, 0.6) is 0 Å². The second-order valence-electron chi connectivity index (χ2n) is 4.91. The number of amides is 1. The van der Waals surface area contributed by atoms with Gasteiger partial charge in [-0.3, -0.25) is 4.79 Å². The Balaban J connectivity index is 1.90. The molecule has 2 rings (SSSR count). The summed E-state index contributed by atoms with van der Waals surface area (Å²) < 4.78 is 27.6. The Morgan fingerprint density at radius 1 is 1.30 bits per heavy atom. The van der Waals surface area contributed by atoms with Crippen molar-refractivity contribution >= 4 is 27.3 Å². The molecule has 1 heterocycles. The zero-order valence-corrected chi connectivity index (χ0v) is 14.2. The number of methoxy groups -OCH3 is 1. The van der Waals surface area contributed by atoms with Crippen LogP contribution in [0.25, 0.3) is 0 Å². The molecule has 0 aliphatic rings. The quantitative estimate of drug-likeness (QED) is 0.787. The summed E-state index contributed by atoms with van der Waals surface area (Å²) in [7, 11) is -2.06. The Morgan fingerprint density at radius 2 is 2.09 bits per heavy atom. The highest BCUT2D eigenvalue weighted by molar-refractivity contribution is 7.91. The van der Waals surface area contributed by atoms with Gasteiger partial charge in [0.05, 0.1) is 6.61 Å². The normalized spacial score (nSPS) is 11.4. The van der Waals surface area contributed by atoms with Crippen molar-refractivity contribution < 1.29 is 17.9 Å². The average molecular weight is 354 g/mol. The number of nitrogens with one attached hydrogen (secondary N) is 1. The molecule has 124 valence electrons. The van der Waals surface area contributed by atoms with E-state index in [0.29, 0.717) is 25.1 Å². The number of rotatable bonds is 7. The maximum atomic E-state index is 12.1. The van der Waals surface area contributed by atoms with Gasteiger partial charge in [0.25, 0.3) is 5.91 Å². The number of carbonyl (C=O) groups excluding carboxylic acids is 1. The number of thiophene rings is 1. The molecule has 23 heavy (non-hydrogen) atoms. The summed E-state index contributed by atoms with van der Waals surface area (Å²) in [6.07, 6.45) is 0.545. The van der Waals surface area contributed by atoms with Gasteiger partial charge in [-0.1, -0.05) is 12.1 Å². The number of benzene rings is 1. The van der Waals surface area contributed by atoms with Crippen LogP contribution in [-0.2, 0) is 27.8 Å². The Kier molecular flexibility index (Phi) is 5.89. The fraction of sp³-hybridized carbons (Fsp3) is 0.267. The monoisotopic (exact) mass is 354 g/mol. The van der Waals surface area contributed by atoms with Crippen LogP contribution in [0.4, 0.5) is 0 Å². The molecule has 2 aromatic rings. The van der Waals surface area contributed by atoms with Crippen molar-refractivity contribution in [2.45, 2.75) is 17.2 Å². The van der Waals surface area contributed by atoms with Gasteiger partial charge in [0.2, 0.25) is 10.0 Å². The van der Waals surface area contributed by atoms with Crippen molar-refractivity contribution in [3.63, 3.8) is 0 Å². The largest absolute Gasteiger partial charge is 0.380 e. The third-order valence-corrected chi connectivity index (χ3v) is 5.66. The fourth-order valence-electron chi connectivity index (χ4n) is 2.02. The minimum absolute atomic E-state index is 0.131. The maximum Gasteiger partial charge on any atom is 0.251 e. The number of carbonyl (C=O) groups is 1. The van der Waals surface area contributed by atoms with Gasteiger partial charge in [0.15, 0.2) is 0 Å². The van der Waals surface area contributed by atoms with E-state index in [0.717, 1.165) is 21.8 Å². The molecular weight excluding hydrogens is 336 g/mol. The summed E-state index contributed by atoms with van der Waals surface area (Å²) in [5.74, 6) is -0.175. The minimum atomic E-state index is -3.66. The van der Waals surface area contributed by atoms with Gasteiger partial charge in [-0.2, -0.15) is 0 Å². The molecule has 0 aliphatic carbocycles. The molecule has 0 bridgehead atoms. The SMILES string of the molecule is COCc1cccc(C(=O)NCCc2ccc(S(N)(=O)=O)s2)c1. The Hall–Kier alpha value is -1.74. The van der Waals surface area contributed by atoms with E-state index in [1.54, 1.807) is 31.4 Å². The molecule has 0 aliphatic heterocycles. The number of nitrogens with two attached hydrogens (primary N) is 1. The van der Waals surface area contributed by atoms with Gasteiger partial charge >= 0.3 is 0 Å². The first-order valence-electron chi connectivity index (χ1n) is 6.88.